The average molecular weight is 557 g/mol. The fourth-order valence-electron chi connectivity index (χ4n) is 3.19. The standard InChI is InChI=1S/C26H17BrN6O2S/c27-19-5-1-2-6-20(19)31-32-21-11-10-18(34)14-23(21)28-15-16-13-17(9-12-24(16)35)30-33-26-29-22-7-3-4-8-25(22)36-26/h1-15,34-35H. The van der Waals surface area contributed by atoms with Gasteiger partial charge in [-0.15, -0.1) is 20.5 Å². The number of halogens is 1. The molecule has 5 aromatic rings. The lowest BCUT2D eigenvalue weighted by Crippen LogP contribution is -1.82. The summed E-state index contributed by atoms with van der Waals surface area (Å²) in [6.45, 7) is 0. The van der Waals surface area contributed by atoms with Gasteiger partial charge >= 0.3 is 0 Å². The van der Waals surface area contributed by atoms with E-state index in [1.807, 2.05) is 48.5 Å². The van der Waals surface area contributed by atoms with Crippen LogP contribution in [-0.2, 0) is 0 Å². The van der Waals surface area contributed by atoms with E-state index in [1.165, 1.54) is 35.8 Å². The molecule has 0 bridgehead atoms. The summed E-state index contributed by atoms with van der Waals surface area (Å²) in [5.41, 5.74) is 3.31. The summed E-state index contributed by atoms with van der Waals surface area (Å²) in [5, 5.41) is 37.9. The molecule has 0 unspecified atom stereocenters. The number of phenolic OH excluding ortho intramolecular Hbond substituents is 2. The second kappa shape index (κ2) is 10.5. The smallest absolute Gasteiger partial charge is 0.231 e. The van der Waals surface area contributed by atoms with E-state index in [9.17, 15) is 10.2 Å². The van der Waals surface area contributed by atoms with Crippen molar-refractivity contribution in [3.05, 3.63) is 95.0 Å². The van der Waals surface area contributed by atoms with Gasteiger partial charge in [0.25, 0.3) is 0 Å². The summed E-state index contributed by atoms with van der Waals surface area (Å²) >= 11 is 4.89. The maximum Gasteiger partial charge on any atom is 0.231 e. The van der Waals surface area contributed by atoms with E-state index in [0.29, 0.717) is 33.4 Å². The van der Waals surface area contributed by atoms with E-state index in [0.717, 1.165) is 14.7 Å². The summed E-state index contributed by atoms with van der Waals surface area (Å²) in [4.78, 5) is 8.87. The van der Waals surface area contributed by atoms with Crippen LogP contribution in [-0.4, -0.2) is 21.4 Å². The van der Waals surface area contributed by atoms with E-state index in [-0.39, 0.29) is 11.5 Å². The highest BCUT2D eigenvalue weighted by atomic mass is 79.9. The average Bonchev–Trinajstić information content (AvgIpc) is 3.31. The molecule has 1 aromatic heterocycles. The molecule has 0 atom stereocenters. The van der Waals surface area contributed by atoms with E-state index in [4.69, 9.17) is 0 Å². The molecule has 8 nitrogen and oxygen atoms in total. The van der Waals surface area contributed by atoms with Gasteiger partial charge in [-0.1, -0.05) is 35.6 Å². The van der Waals surface area contributed by atoms with Crippen molar-refractivity contribution in [2.24, 2.45) is 25.4 Å². The van der Waals surface area contributed by atoms with E-state index >= 15 is 0 Å². The zero-order valence-electron chi connectivity index (χ0n) is 18.5. The highest BCUT2D eigenvalue weighted by Crippen LogP contribution is 2.35. The zero-order chi connectivity index (χ0) is 24.9. The Morgan fingerprint density at radius 3 is 2.42 bits per heavy atom. The SMILES string of the molecule is Oc1ccc(N=Nc2ccccc2Br)c(N=Cc2cc(N=Nc3nc4ccccc4s3)ccc2O)c1. The molecule has 0 radical (unpaired) electrons. The molecule has 2 N–H and O–H groups in total. The van der Waals surface area contributed by atoms with Crippen molar-refractivity contribution in [1.82, 2.24) is 4.98 Å². The molecule has 176 valence electrons. The number of phenols is 2. The Hall–Kier alpha value is -4.28. The Bertz CT molecular complexity index is 1610. The van der Waals surface area contributed by atoms with E-state index < -0.39 is 0 Å². The molecule has 5 rings (SSSR count). The third kappa shape index (κ3) is 5.51. The Morgan fingerprint density at radius 1 is 0.750 bits per heavy atom. The predicted octanol–water partition coefficient (Wildman–Crippen LogP) is 9.05. The lowest BCUT2D eigenvalue weighted by Gasteiger charge is -2.03. The van der Waals surface area contributed by atoms with Gasteiger partial charge in [-0.2, -0.15) is 0 Å². The van der Waals surface area contributed by atoms with Gasteiger partial charge in [0.05, 0.1) is 27.3 Å². The third-order valence-corrected chi connectivity index (χ3v) is 6.56. The van der Waals surface area contributed by atoms with Gasteiger partial charge < -0.3 is 10.2 Å². The van der Waals surface area contributed by atoms with Crippen molar-refractivity contribution >= 4 is 71.6 Å². The van der Waals surface area contributed by atoms with Gasteiger partial charge in [0.2, 0.25) is 5.13 Å². The molecule has 0 fully saturated rings. The Labute approximate surface area is 218 Å². The maximum atomic E-state index is 10.3. The first kappa shape index (κ1) is 23.5. The number of hydrogen-bond acceptors (Lipinski definition) is 9. The minimum absolute atomic E-state index is 0.0224. The number of para-hydroxylation sites is 1. The summed E-state index contributed by atoms with van der Waals surface area (Å²) in [7, 11) is 0. The minimum atomic E-state index is 0.0224. The lowest BCUT2D eigenvalue weighted by atomic mass is 10.2. The van der Waals surface area contributed by atoms with Crippen LogP contribution >= 0.6 is 27.3 Å². The van der Waals surface area contributed by atoms with Crippen LogP contribution in [0, 0.1) is 0 Å². The van der Waals surface area contributed by atoms with Crippen molar-refractivity contribution in [3.8, 4) is 11.5 Å². The fourth-order valence-corrected chi connectivity index (χ4v) is 4.34. The number of aromatic nitrogens is 1. The summed E-state index contributed by atoms with van der Waals surface area (Å²) in [6, 6.07) is 24.6. The lowest BCUT2D eigenvalue weighted by molar-refractivity contribution is 0.474. The molecule has 0 aliphatic heterocycles. The van der Waals surface area contributed by atoms with Crippen LogP contribution in [0.1, 0.15) is 5.56 Å². The van der Waals surface area contributed by atoms with Crippen LogP contribution in [0.25, 0.3) is 10.2 Å². The van der Waals surface area contributed by atoms with Crippen LogP contribution in [0.5, 0.6) is 11.5 Å². The molecule has 0 aliphatic rings. The van der Waals surface area contributed by atoms with Crippen LogP contribution in [0.15, 0.2) is 115 Å². The predicted molar refractivity (Wildman–Crippen MR) is 146 cm³/mol. The summed E-state index contributed by atoms with van der Waals surface area (Å²) in [6.07, 6.45) is 1.47. The van der Waals surface area contributed by atoms with Crippen molar-refractivity contribution in [1.29, 1.82) is 0 Å². The quantitative estimate of drug-likeness (QED) is 0.160. The highest BCUT2D eigenvalue weighted by Gasteiger charge is 2.06. The Balaban J connectivity index is 1.40. The number of nitrogens with zero attached hydrogens (tertiary/aromatic N) is 6. The number of aliphatic imine (C=N–C) groups is 1. The van der Waals surface area contributed by atoms with Crippen molar-refractivity contribution in [3.63, 3.8) is 0 Å². The van der Waals surface area contributed by atoms with E-state index in [2.05, 4.69) is 46.4 Å². The fraction of sp³-hybridized carbons (Fsp3) is 0. The van der Waals surface area contributed by atoms with Crippen LogP contribution in [0.2, 0.25) is 0 Å². The minimum Gasteiger partial charge on any atom is -0.508 e. The number of aromatic hydroxyl groups is 2. The molecule has 10 heteroatoms. The maximum absolute atomic E-state index is 10.3. The Kier molecular flexibility index (Phi) is 6.87. The van der Waals surface area contributed by atoms with Crippen LogP contribution < -0.4 is 0 Å². The molecule has 1 heterocycles. The number of rotatable bonds is 6. The van der Waals surface area contributed by atoms with Gasteiger partial charge in [-0.25, -0.2) is 4.98 Å². The second-order valence-electron chi connectivity index (χ2n) is 7.49. The molecule has 36 heavy (non-hydrogen) atoms. The molecule has 4 aromatic carbocycles. The zero-order valence-corrected chi connectivity index (χ0v) is 20.9. The Morgan fingerprint density at radius 2 is 1.56 bits per heavy atom. The molecule has 0 saturated carbocycles. The van der Waals surface area contributed by atoms with Crippen molar-refractivity contribution in [2.75, 3.05) is 0 Å². The van der Waals surface area contributed by atoms with Crippen LogP contribution in [0.3, 0.4) is 0 Å². The molecular formula is C26H17BrN6O2S. The molecule has 0 saturated heterocycles. The molecule has 0 aliphatic carbocycles. The number of azo groups is 2. The first-order chi connectivity index (χ1) is 17.5. The number of thiazole rings is 1. The molecule has 0 amide bonds. The largest absolute Gasteiger partial charge is 0.508 e. The number of fused-ring (bicyclic) bond motifs is 1. The van der Waals surface area contributed by atoms with Gasteiger partial charge in [0.1, 0.15) is 17.2 Å². The van der Waals surface area contributed by atoms with Gasteiger partial charge in [-0.3, -0.25) is 4.99 Å². The first-order valence-electron chi connectivity index (χ1n) is 10.7. The normalized spacial score (nSPS) is 11.9. The molecular weight excluding hydrogens is 540 g/mol. The monoisotopic (exact) mass is 556 g/mol. The third-order valence-electron chi connectivity index (χ3n) is 4.96. The van der Waals surface area contributed by atoms with Crippen molar-refractivity contribution in [2.45, 2.75) is 0 Å². The number of hydrogen-bond donors (Lipinski definition) is 2. The topological polar surface area (TPSA) is 115 Å². The second-order valence-corrected chi connectivity index (χ2v) is 9.35. The van der Waals surface area contributed by atoms with Crippen LogP contribution in [0.4, 0.5) is 27.9 Å². The van der Waals surface area contributed by atoms with Gasteiger partial charge in [0.15, 0.2) is 0 Å². The van der Waals surface area contributed by atoms with Crippen molar-refractivity contribution < 1.29 is 10.2 Å². The summed E-state index contributed by atoms with van der Waals surface area (Å²) < 4.78 is 1.84. The van der Waals surface area contributed by atoms with E-state index in [1.54, 1.807) is 18.2 Å². The van der Waals surface area contributed by atoms with Gasteiger partial charge in [-0.05, 0) is 70.5 Å². The molecule has 0 spiro atoms. The summed E-state index contributed by atoms with van der Waals surface area (Å²) in [5.74, 6) is 0.0545. The first-order valence-corrected chi connectivity index (χ1v) is 12.3. The highest BCUT2D eigenvalue weighted by molar-refractivity contribution is 9.10. The van der Waals surface area contributed by atoms with Gasteiger partial charge in [0, 0.05) is 22.3 Å². The number of benzene rings is 4.